The van der Waals surface area contributed by atoms with Gasteiger partial charge in [-0.25, -0.2) is 0 Å². The summed E-state index contributed by atoms with van der Waals surface area (Å²) in [4.78, 5) is 13.6. The van der Waals surface area contributed by atoms with Crippen molar-refractivity contribution in [1.82, 2.24) is 14.7 Å². The molecule has 2 heterocycles. The molecule has 1 saturated heterocycles. The fourth-order valence-corrected chi connectivity index (χ4v) is 2.56. The minimum absolute atomic E-state index is 0.133. The minimum Gasteiger partial charge on any atom is -0.465 e. The smallest absolute Gasteiger partial charge is 0.320 e. The van der Waals surface area contributed by atoms with Crippen LogP contribution in [0.2, 0.25) is 0 Å². The summed E-state index contributed by atoms with van der Waals surface area (Å²) < 4.78 is 7.05. The molecule has 0 spiro atoms. The summed E-state index contributed by atoms with van der Waals surface area (Å²) >= 11 is 0. The predicted molar refractivity (Wildman–Crippen MR) is 68.4 cm³/mol. The van der Waals surface area contributed by atoms with E-state index in [9.17, 15) is 4.79 Å². The maximum Gasteiger partial charge on any atom is 0.320 e. The fourth-order valence-electron chi connectivity index (χ4n) is 2.56. The first-order valence-electron chi connectivity index (χ1n) is 6.51. The van der Waals surface area contributed by atoms with Crippen LogP contribution in [0.3, 0.4) is 0 Å². The third kappa shape index (κ3) is 2.90. The van der Waals surface area contributed by atoms with E-state index < -0.39 is 0 Å². The van der Waals surface area contributed by atoms with Gasteiger partial charge in [-0.15, -0.1) is 0 Å². The topological polar surface area (TPSA) is 47.4 Å². The number of esters is 1. The summed E-state index contributed by atoms with van der Waals surface area (Å²) in [5.74, 6) is -0.133. The predicted octanol–water partition coefficient (Wildman–Crippen LogP) is 1.31. The largest absolute Gasteiger partial charge is 0.465 e. The van der Waals surface area contributed by atoms with E-state index in [1.54, 1.807) is 0 Å². The Bertz CT molecular complexity index is 428. The molecule has 0 unspecified atom stereocenters. The Morgan fingerprint density at radius 1 is 1.56 bits per heavy atom. The monoisotopic (exact) mass is 251 g/mol. The molecule has 100 valence electrons. The Balaban J connectivity index is 1.92. The fraction of sp³-hybridized carbons (Fsp3) is 0.692. The zero-order valence-corrected chi connectivity index (χ0v) is 11.3. The van der Waals surface area contributed by atoms with Crippen LogP contribution < -0.4 is 0 Å². The lowest BCUT2D eigenvalue weighted by molar-refractivity contribution is -0.144. The summed E-state index contributed by atoms with van der Waals surface area (Å²) in [6.45, 7) is 8.57. The molecule has 1 aromatic rings. The second-order valence-electron chi connectivity index (χ2n) is 4.85. The second kappa shape index (κ2) is 5.52. The first kappa shape index (κ1) is 13.1. The van der Waals surface area contributed by atoms with E-state index in [1.165, 1.54) is 5.69 Å². The first-order valence-corrected chi connectivity index (χ1v) is 6.51. The van der Waals surface area contributed by atoms with Crippen LogP contribution in [-0.2, 0) is 9.53 Å². The molecular weight excluding hydrogens is 230 g/mol. The number of aryl methyl sites for hydroxylation is 2. The lowest BCUT2D eigenvalue weighted by atomic mass is 10.2. The molecule has 5 heteroatoms. The number of aromatic nitrogens is 2. The van der Waals surface area contributed by atoms with Gasteiger partial charge in [0.05, 0.1) is 24.9 Å². The summed E-state index contributed by atoms with van der Waals surface area (Å²) in [5.41, 5.74) is 2.24. The highest BCUT2D eigenvalue weighted by Gasteiger charge is 2.26. The van der Waals surface area contributed by atoms with Crippen LogP contribution in [-0.4, -0.2) is 46.9 Å². The number of ether oxygens (including phenoxy) is 1. The van der Waals surface area contributed by atoms with Gasteiger partial charge in [0.2, 0.25) is 0 Å². The van der Waals surface area contributed by atoms with E-state index in [-0.39, 0.29) is 5.97 Å². The second-order valence-corrected chi connectivity index (χ2v) is 4.85. The average molecular weight is 251 g/mol. The Labute approximate surface area is 108 Å². The van der Waals surface area contributed by atoms with E-state index in [0.29, 0.717) is 19.2 Å². The molecule has 0 amide bonds. The Hall–Kier alpha value is -1.36. The van der Waals surface area contributed by atoms with Gasteiger partial charge in [0.1, 0.15) is 0 Å². The number of hydrogen-bond acceptors (Lipinski definition) is 4. The van der Waals surface area contributed by atoms with Crippen molar-refractivity contribution in [2.24, 2.45) is 0 Å². The lowest BCUT2D eigenvalue weighted by Crippen LogP contribution is -2.29. The van der Waals surface area contributed by atoms with Gasteiger partial charge in [-0.3, -0.25) is 14.4 Å². The van der Waals surface area contributed by atoms with Gasteiger partial charge in [0.15, 0.2) is 0 Å². The Morgan fingerprint density at radius 3 is 2.94 bits per heavy atom. The highest BCUT2D eigenvalue weighted by Crippen LogP contribution is 2.22. The third-order valence-corrected chi connectivity index (χ3v) is 3.30. The summed E-state index contributed by atoms with van der Waals surface area (Å²) in [6.07, 6.45) is 1.04. The van der Waals surface area contributed by atoms with E-state index >= 15 is 0 Å². The van der Waals surface area contributed by atoms with Gasteiger partial charge < -0.3 is 4.74 Å². The van der Waals surface area contributed by atoms with Crippen molar-refractivity contribution in [2.75, 3.05) is 26.2 Å². The highest BCUT2D eigenvalue weighted by molar-refractivity contribution is 5.71. The maximum atomic E-state index is 11.4. The number of carbonyl (C=O) groups is 1. The SMILES string of the molecule is CCOC(=O)CN1CC[C@@H](n2nc(C)cc2C)C1. The first-order chi connectivity index (χ1) is 8.60. The van der Waals surface area contributed by atoms with Gasteiger partial charge in [0, 0.05) is 18.8 Å². The molecule has 1 aliphatic heterocycles. The number of hydrogen-bond donors (Lipinski definition) is 0. The van der Waals surface area contributed by atoms with Gasteiger partial charge in [0.25, 0.3) is 0 Å². The van der Waals surface area contributed by atoms with Crippen molar-refractivity contribution < 1.29 is 9.53 Å². The zero-order chi connectivity index (χ0) is 13.1. The van der Waals surface area contributed by atoms with Crippen LogP contribution >= 0.6 is 0 Å². The van der Waals surface area contributed by atoms with E-state index in [4.69, 9.17) is 4.74 Å². The summed E-state index contributed by atoms with van der Waals surface area (Å²) in [7, 11) is 0. The molecule has 0 aromatic carbocycles. The van der Waals surface area contributed by atoms with Crippen molar-refractivity contribution in [2.45, 2.75) is 33.2 Å². The average Bonchev–Trinajstić information content (AvgIpc) is 2.85. The molecule has 18 heavy (non-hydrogen) atoms. The van der Waals surface area contributed by atoms with Crippen molar-refractivity contribution in [3.05, 3.63) is 17.5 Å². The van der Waals surface area contributed by atoms with Crippen LogP contribution in [0.25, 0.3) is 0 Å². The molecule has 0 radical (unpaired) electrons. The van der Waals surface area contributed by atoms with Crippen molar-refractivity contribution in [3.8, 4) is 0 Å². The summed E-state index contributed by atoms with van der Waals surface area (Å²) in [5, 5.41) is 4.52. The molecule has 0 N–H and O–H groups in total. The van der Waals surface area contributed by atoms with E-state index in [0.717, 1.165) is 25.2 Å². The third-order valence-electron chi connectivity index (χ3n) is 3.30. The van der Waals surface area contributed by atoms with Crippen molar-refractivity contribution in [3.63, 3.8) is 0 Å². The normalized spacial score (nSPS) is 20.3. The van der Waals surface area contributed by atoms with Gasteiger partial charge in [-0.2, -0.15) is 5.10 Å². The van der Waals surface area contributed by atoms with Gasteiger partial charge in [-0.1, -0.05) is 0 Å². The Morgan fingerprint density at radius 2 is 2.33 bits per heavy atom. The van der Waals surface area contributed by atoms with Crippen LogP contribution in [0.1, 0.15) is 30.8 Å². The summed E-state index contributed by atoms with van der Waals surface area (Å²) in [6, 6.07) is 2.47. The number of carbonyl (C=O) groups excluding carboxylic acids is 1. The van der Waals surface area contributed by atoms with Gasteiger partial charge >= 0.3 is 5.97 Å². The van der Waals surface area contributed by atoms with Crippen molar-refractivity contribution >= 4 is 5.97 Å². The molecule has 1 aliphatic rings. The van der Waals surface area contributed by atoms with Crippen LogP contribution in [0.15, 0.2) is 6.07 Å². The molecule has 5 nitrogen and oxygen atoms in total. The van der Waals surface area contributed by atoms with E-state index in [2.05, 4.69) is 27.7 Å². The number of nitrogens with zero attached hydrogens (tertiary/aromatic N) is 3. The Kier molecular flexibility index (Phi) is 4.01. The molecule has 1 aromatic heterocycles. The molecular formula is C13H21N3O2. The maximum absolute atomic E-state index is 11.4. The van der Waals surface area contributed by atoms with Gasteiger partial charge in [-0.05, 0) is 33.3 Å². The highest BCUT2D eigenvalue weighted by atomic mass is 16.5. The molecule has 0 bridgehead atoms. The lowest BCUT2D eigenvalue weighted by Gasteiger charge is -2.16. The number of likely N-dealkylation sites (tertiary alicyclic amines) is 1. The molecule has 0 saturated carbocycles. The minimum atomic E-state index is -0.133. The standard InChI is InChI=1S/C13H21N3O2/c1-4-18-13(17)9-15-6-5-12(8-15)16-11(3)7-10(2)14-16/h7,12H,4-6,8-9H2,1-3H3/t12-/m1/s1. The molecule has 1 fully saturated rings. The quantitative estimate of drug-likeness (QED) is 0.757. The molecule has 0 aliphatic carbocycles. The zero-order valence-electron chi connectivity index (χ0n) is 11.3. The van der Waals surface area contributed by atoms with Crippen LogP contribution in [0.4, 0.5) is 0 Å². The van der Waals surface area contributed by atoms with Crippen molar-refractivity contribution in [1.29, 1.82) is 0 Å². The molecule has 1 atom stereocenters. The van der Waals surface area contributed by atoms with E-state index in [1.807, 2.05) is 13.8 Å². The van der Waals surface area contributed by atoms with Crippen LogP contribution in [0.5, 0.6) is 0 Å². The number of rotatable bonds is 4. The van der Waals surface area contributed by atoms with Crippen LogP contribution in [0, 0.1) is 13.8 Å². The molecule has 2 rings (SSSR count).